The fourth-order valence-corrected chi connectivity index (χ4v) is 4.37. The molecule has 1 N–H and O–H groups in total. The molecule has 0 aliphatic heterocycles. The fraction of sp³-hybridized carbons (Fsp3) is 0.588. The molecule has 1 aliphatic rings. The quantitative estimate of drug-likeness (QED) is 0.553. The molecule has 1 aromatic rings. The monoisotopic (exact) mass is 417 g/mol. The molecular weight excluding hydrogens is 393 g/mol. The Bertz CT molecular complexity index is 510. The maximum atomic E-state index is 12.1. The van der Waals surface area contributed by atoms with E-state index in [0.717, 1.165) is 34.8 Å². The lowest BCUT2D eigenvalue weighted by molar-refractivity contribution is -0.150. The van der Waals surface area contributed by atoms with Crippen molar-refractivity contribution in [3.8, 4) is 0 Å². The van der Waals surface area contributed by atoms with Crippen LogP contribution in [0.3, 0.4) is 0 Å². The number of ether oxygens (including phenoxy) is 1. The van der Waals surface area contributed by atoms with Crippen LogP contribution in [-0.4, -0.2) is 29.3 Å². The number of benzene rings is 1. The van der Waals surface area contributed by atoms with Crippen molar-refractivity contribution in [3.63, 3.8) is 0 Å². The first kappa shape index (κ1) is 17.5. The van der Waals surface area contributed by atoms with E-state index in [1.807, 2.05) is 31.2 Å². The highest BCUT2D eigenvalue weighted by Crippen LogP contribution is 2.40. The normalized spacial score (nSPS) is 18.7. The number of carboxylic acid groups (broad SMARTS) is 1. The minimum atomic E-state index is -0.911. The van der Waals surface area contributed by atoms with Crippen LogP contribution >= 0.6 is 22.6 Å². The molecule has 1 aromatic carbocycles. The number of carbonyl (C=O) groups is 1. The maximum Gasteiger partial charge on any atom is 0.410 e. The van der Waals surface area contributed by atoms with Crippen molar-refractivity contribution in [1.82, 2.24) is 4.90 Å². The van der Waals surface area contributed by atoms with Crippen LogP contribution in [0.2, 0.25) is 0 Å². The zero-order valence-electron chi connectivity index (χ0n) is 13.2. The van der Waals surface area contributed by atoms with Crippen molar-refractivity contribution in [1.29, 1.82) is 0 Å². The second-order valence-corrected chi connectivity index (χ2v) is 6.93. The van der Waals surface area contributed by atoms with Crippen molar-refractivity contribution in [2.24, 2.45) is 0 Å². The van der Waals surface area contributed by atoms with Gasteiger partial charge in [0.25, 0.3) is 0 Å². The first-order valence-electron chi connectivity index (χ1n) is 7.89. The Balaban J connectivity index is 2.50. The summed E-state index contributed by atoms with van der Waals surface area (Å²) in [4.78, 5) is 13.7. The molecule has 0 heterocycles. The molecular formula is C17H24INO3. The van der Waals surface area contributed by atoms with Gasteiger partial charge in [-0.1, -0.05) is 44.4 Å². The summed E-state index contributed by atoms with van der Waals surface area (Å²) in [5, 5.41) is 9.92. The summed E-state index contributed by atoms with van der Waals surface area (Å²) in [6.45, 7) is 1.99. The predicted octanol–water partition coefficient (Wildman–Crippen LogP) is 4.81. The van der Waals surface area contributed by atoms with E-state index in [-0.39, 0.29) is 6.04 Å². The lowest BCUT2D eigenvalue weighted by atomic mass is 9.89. The van der Waals surface area contributed by atoms with Crippen molar-refractivity contribution < 1.29 is 14.6 Å². The van der Waals surface area contributed by atoms with E-state index >= 15 is 0 Å². The number of nitrogens with zero attached hydrogens (tertiary/aromatic N) is 1. The van der Waals surface area contributed by atoms with Gasteiger partial charge in [-0.25, -0.2) is 4.79 Å². The highest BCUT2D eigenvalue weighted by Gasteiger charge is 2.45. The van der Waals surface area contributed by atoms with Crippen LogP contribution in [-0.2, 0) is 10.5 Å². The standard InChI is InChI=1S/C17H24INO3/c1-3-17(22-2,14-11-7-8-12-15(14)18)19(16(20)21)13-9-5-4-6-10-13/h7-8,11-13H,3-6,9-10H2,1-2H3,(H,20,21). The van der Waals surface area contributed by atoms with Crippen LogP contribution in [0.25, 0.3) is 0 Å². The zero-order valence-corrected chi connectivity index (χ0v) is 15.4. The van der Waals surface area contributed by atoms with E-state index in [4.69, 9.17) is 4.74 Å². The first-order valence-corrected chi connectivity index (χ1v) is 8.97. The van der Waals surface area contributed by atoms with Gasteiger partial charge in [0.1, 0.15) is 0 Å². The molecule has 0 aromatic heterocycles. The van der Waals surface area contributed by atoms with Gasteiger partial charge in [0.15, 0.2) is 5.72 Å². The third kappa shape index (κ3) is 3.25. The van der Waals surface area contributed by atoms with E-state index in [9.17, 15) is 9.90 Å². The average molecular weight is 417 g/mol. The van der Waals surface area contributed by atoms with Gasteiger partial charge < -0.3 is 9.84 Å². The Morgan fingerprint density at radius 2 is 2.00 bits per heavy atom. The fourth-order valence-electron chi connectivity index (χ4n) is 3.57. The van der Waals surface area contributed by atoms with Crippen LogP contribution in [0.1, 0.15) is 51.0 Å². The van der Waals surface area contributed by atoms with Crippen molar-refractivity contribution in [3.05, 3.63) is 33.4 Å². The molecule has 0 bridgehead atoms. The van der Waals surface area contributed by atoms with Crippen LogP contribution in [0.15, 0.2) is 24.3 Å². The number of amides is 1. The van der Waals surface area contributed by atoms with Crippen molar-refractivity contribution >= 4 is 28.7 Å². The molecule has 0 spiro atoms. The van der Waals surface area contributed by atoms with Gasteiger partial charge in [0.05, 0.1) is 0 Å². The molecule has 1 saturated carbocycles. The first-order chi connectivity index (χ1) is 10.6. The van der Waals surface area contributed by atoms with E-state index in [1.54, 1.807) is 12.0 Å². The minimum absolute atomic E-state index is 0.0298. The predicted molar refractivity (Wildman–Crippen MR) is 94.9 cm³/mol. The summed E-state index contributed by atoms with van der Waals surface area (Å²) in [6, 6.07) is 7.92. The van der Waals surface area contributed by atoms with Gasteiger partial charge in [-0.3, -0.25) is 4.90 Å². The van der Waals surface area contributed by atoms with Gasteiger partial charge in [-0.2, -0.15) is 0 Å². The van der Waals surface area contributed by atoms with Crippen LogP contribution in [0, 0.1) is 3.57 Å². The number of rotatable bonds is 5. The van der Waals surface area contributed by atoms with Crippen LogP contribution < -0.4 is 0 Å². The lowest BCUT2D eigenvalue weighted by Gasteiger charge is -2.46. The summed E-state index contributed by atoms with van der Waals surface area (Å²) in [6.07, 6.45) is 4.90. The summed E-state index contributed by atoms with van der Waals surface area (Å²) in [5.74, 6) is 0. The lowest BCUT2D eigenvalue weighted by Crippen LogP contribution is -2.55. The van der Waals surface area contributed by atoms with Crippen LogP contribution in [0.5, 0.6) is 0 Å². The summed E-state index contributed by atoms with van der Waals surface area (Å²) in [7, 11) is 1.62. The number of hydrogen-bond donors (Lipinski definition) is 1. The highest BCUT2D eigenvalue weighted by atomic mass is 127. The Morgan fingerprint density at radius 3 is 2.50 bits per heavy atom. The summed E-state index contributed by atoms with van der Waals surface area (Å²) in [5.41, 5.74) is 0.0274. The zero-order chi connectivity index (χ0) is 16.2. The van der Waals surface area contributed by atoms with Gasteiger partial charge >= 0.3 is 6.09 Å². The molecule has 1 atom stereocenters. The van der Waals surface area contributed by atoms with Crippen LogP contribution in [0.4, 0.5) is 4.79 Å². The van der Waals surface area contributed by atoms with Gasteiger partial charge in [0, 0.05) is 22.3 Å². The molecule has 1 amide bonds. The number of hydrogen-bond acceptors (Lipinski definition) is 2. The maximum absolute atomic E-state index is 12.1. The largest absolute Gasteiger partial charge is 0.465 e. The third-order valence-corrected chi connectivity index (χ3v) is 5.59. The summed E-state index contributed by atoms with van der Waals surface area (Å²) < 4.78 is 6.90. The Kier molecular flexibility index (Phi) is 6.09. The van der Waals surface area contributed by atoms with E-state index in [1.165, 1.54) is 6.42 Å². The molecule has 0 saturated heterocycles. The Morgan fingerprint density at radius 1 is 1.36 bits per heavy atom. The molecule has 2 rings (SSSR count). The second-order valence-electron chi connectivity index (χ2n) is 5.77. The summed E-state index contributed by atoms with van der Waals surface area (Å²) >= 11 is 2.26. The second kappa shape index (κ2) is 7.64. The third-order valence-electron chi connectivity index (χ3n) is 4.65. The van der Waals surface area contributed by atoms with E-state index in [0.29, 0.717) is 6.42 Å². The molecule has 4 nitrogen and oxygen atoms in total. The van der Waals surface area contributed by atoms with E-state index < -0.39 is 11.8 Å². The van der Waals surface area contributed by atoms with Crippen molar-refractivity contribution in [2.45, 2.75) is 57.2 Å². The molecule has 0 radical (unpaired) electrons. The smallest absolute Gasteiger partial charge is 0.410 e. The topological polar surface area (TPSA) is 49.8 Å². The van der Waals surface area contributed by atoms with Gasteiger partial charge in [-0.15, -0.1) is 0 Å². The SMILES string of the molecule is CCC(OC)(c1ccccc1I)N(C(=O)O)C1CCCCC1. The Labute approximate surface area is 146 Å². The van der Waals surface area contributed by atoms with Crippen molar-refractivity contribution in [2.75, 3.05) is 7.11 Å². The molecule has 122 valence electrons. The molecule has 1 unspecified atom stereocenters. The molecule has 5 heteroatoms. The highest BCUT2D eigenvalue weighted by molar-refractivity contribution is 14.1. The molecule has 22 heavy (non-hydrogen) atoms. The average Bonchev–Trinajstić information content (AvgIpc) is 2.54. The molecule has 1 fully saturated rings. The molecule has 1 aliphatic carbocycles. The van der Waals surface area contributed by atoms with Gasteiger partial charge in [-0.05, 0) is 47.9 Å². The number of methoxy groups -OCH3 is 1. The number of halogens is 1. The van der Waals surface area contributed by atoms with E-state index in [2.05, 4.69) is 22.6 Å². The Hall–Kier alpha value is -0.820. The minimum Gasteiger partial charge on any atom is -0.465 e. The van der Waals surface area contributed by atoms with Gasteiger partial charge in [0.2, 0.25) is 0 Å².